The van der Waals surface area contributed by atoms with Gasteiger partial charge in [-0.1, -0.05) is 12.2 Å². The summed E-state index contributed by atoms with van der Waals surface area (Å²) in [6.45, 7) is 1.96. The van der Waals surface area contributed by atoms with Crippen LogP contribution in [0.5, 0.6) is 0 Å². The van der Waals surface area contributed by atoms with Crippen molar-refractivity contribution in [2.24, 2.45) is 10.8 Å². The molecule has 0 atom stereocenters. The minimum Gasteiger partial charge on any atom is -0.350 e. The maximum Gasteiger partial charge on any atom is 0.332 e. The summed E-state index contributed by atoms with van der Waals surface area (Å²) in [6, 6.07) is -0.632. The van der Waals surface area contributed by atoms with Gasteiger partial charge in [-0.05, 0) is 19.8 Å². The van der Waals surface area contributed by atoms with Crippen molar-refractivity contribution in [3.8, 4) is 0 Å². The molecule has 0 aromatic heterocycles. The SMILES string of the molecule is C/C=C/CC/C=N/NC(N)=O. The van der Waals surface area contributed by atoms with E-state index in [4.69, 9.17) is 5.73 Å². The van der Waals surface area contributed by atoms with Gasteiger partial charge in [-0.3, -0.25) is 0 Å². The molecular formula is C7H13N3O. The van der Waals surface area contributed by atoms with E-state index in [2.05, 4.69) is 10.5 Å². The van der Waals surface area contributed by atoms with E-state index in [0.717, 1.165) is 12.8 Å². The molecule has 0 aromatic carbocycles. The molecule has 0 heterocycles. The van der Waals surface area contributed by atoms with E-state index in [0.29, 0.717) is 0 Å². The second-order valence-corrected chi connectivity index (χ2v) is 1.93. The normalized spacial score (nSPS) is 11.0. The van der Waals surface area contributed by atoms with E-state index < -0.39 is 6.03 Å². The molecule has 0 radical (unpaired) electrons. The average Bonchev–Trinajstić information content (AvgIpc) is 1.96. The number of allylic oxidation sites excluding steroid dienone is 2. The zero-order valence-corrected chi connectivity index (χ0v) is 6.58. The first kappa shape index (κ1) is 9.68. The highest BCUT2D eigenvalue weighted by Gasteiger charge is 1.82. The van der Waals surface area contributed by atoms with Gasteiger partial charge in [-0.2, -0.15) is 5.10 Å². The Morgan fingerprint density at radius 2 is 2.36 bits per heavy atom. The third-order valence-corrected chi connectivity index (χ3v) is 0.964. The van der Waals surface area contributed by atoms with Crippen LogP contribution in [-0.4, -0.2) is 12.2 Å². The minimum atomic E-state index is -0.632. The molecule has 0 rings (SSSR count). The number of nitrogens with zero attached hydrogens (tertiary/aromatic N) is 1. The number of unbranched alkanes of at least 4 members (excludes halogenated alkanes) is 1. The Labute approximate surface area is 66.2 Å². The van der Waals surface area contributed by atoms with Gasteiger partial charge >= 0.3 is 6.03 Å². The maximum absolute atomic E-state index is 10.1. The number of rotatable bonds is 4. The molecule has 0 aliphatic carbocycles. The topological polar surface area (TPSA) is 67.5 Å². The predicted molar refractivity (Wildman–Crippen MR) is 45.3 cm³/mol. The van der Waals surface area contributed by atoms with Crippen LogP contribution in [0.4, 0.5) is 4.79 Å². The summed E-state index contributed by atoms with van der Waals surface area (Å²) in [7, 11) is 0. The number of hydrazone groups is 1. The lowest BCUT2D eigenvalue weighted by Crippen LogP contribution is -2.24. The van der Waals surface area contributed by atoms with Crippen molar-refractivity contribution in [1.29, 1.82) is 0 Å². The van der Waals surface area contributed by atoms with E-state index >= 15 is 0 Å². The highest BCUT2D eigenvalue weighted by Crippen LogP contribution is 1.85. The van der Waals surface area contributed by atoms with Crippen LogP contribution in [0.15, 0.2) is 17.3 Å². The minimum absolute atomic E-state index is 0.632. The fourth-order valence-corrected chi connectivity index (χ4v) is 0.511. The molecule has 4 heteroatoms. The van der Waals surface area contributed by atoms with Gasteiger partial charge in [-0.25, -0.2) is 10.2 Å². The first-order valence-corrected chi connectivity index (χ1v) is 3.45. The largest absolute Gasteiger partial charge is 0.350 e. The molecule has 0 aromatic rings. The van der Waals surface area contributed by atoms with E-state index in [9.17, 15) is 4.79 Å². The molecule has 0 unspecified atom stereocenters. The van der Waals surface area contributed by atoms with Crippen molar-refractivity contribution < 1.29 is 4.79 Å². The molecule has 0 saturated carbocycles. The summed E-state index contributed by atoms with van der Waals surface area (Å²) in [6.07, 6.45) is 7.35. The average molecular weight is 155 g/mol. The van der Waals surface area contributed by atoms with E-state index in [1.807, 2.05) is 19.1 Å². The molecule has 11 heavy (non-hydrogen) atoms. The van der Waals surface area contributed by atoms with Crippen LogP contribution in [0.2, 0.25) is 0 Å². The highest BCUT2D eigenvalue weighted by atomic mass is 16.2. The van der Waals surface area contributed by atoms with Crippen LogP contribution in [0.25, 0.3) is 0 Å². The quantitative estimate of drug-likeness (QED) is 0.270. The molecule has 0 bridgehead atoms. The Kier molecular flexibility index (Phi) is 5.98. The van der Waals surface area contributed by atoms with Gasteiger partial charge in [0.1, 0.15) is 0 Å². The Bertz CT molecular complexity index is 163. The third-order valence-electron chi connectivity index (χ3n) is 0.964. The third kappa shape index (κ3) is 8.68. The zero-order valence-electron chi connectivity index (χ0n) is 6.58. The van der Waals surface area contributed by atoms with Gasteiger partial charge in [0.15, 0.2) is 0 Å². The highest BCUT2D eigenvalue weighted by molar-refractivity contribution is 5.72. The zero-order chi connectivity index (χ0) is 8.53. The van der Waals surface area contributed by atoms with Crippen LogP contribution >= 0.6 is 0 Å². The number of carbonyl (C=O) groups excluding carboxylic acids is 1. The monoisotopic (exact) mass is 155 g/mol. The number of primary amides is 1. The number of carbonyl (C=O) groups is 1. The van der Waals surface area contributed by atoms with Crippen molar-refractivity contribution >= 4 is 12.2 Å². The Hall–Kier alpha value is -1.32. The number of amides is 2. The fraction of sp³-hybridized carbons (Fsp3) is 0.429. The van der Waals surface area contributed by atoms with Gasteiger partial charge in [0.2, 0.25) is 0 Å². The van der Waals surface area contributed by atoms with Crippen LogP contribution < -0.4 is 11.2 Å². The lowest BCUT2D eigenvalue weighted by atomic mass is 10.3. The number of hydrogen-bond donors (Lipinski definition) is 2. The molecule has 0 spiro atoms. The molecule has 3 N–H and O–H groups in total. The first-order valence-electron chi connectivity index (χ1n) is 3.45. The van der Waals surface area contributed by atoms with Crippen LogP contribution in [0.3, 0.4) is 0 Å². The number of urea groups is 1. The standard InChI is InChI=1S/C7H13N3O/c1-2-3-4-5-6-9-10-7(8)11/h2-3,6H,4-5H2,1H3,(H3,8,10,11)/b3-2+,9-6+. The summed E-state index contributed by atoms with van der Waals surface area (Å²) in [4.78, 5) is 10.1. The van der Waals surface area contributed by atoms with Crippen LogP contribution in [0.1, 0.15) is 19.8 Å². The van der Waals surface area contributed by atoms with Crippen molar-refractivity contribution in [3.63, 3.8) is 0 Å². The summed E-state index contributed by atoms with van der Waals surface area (Å²) in [5, 5.41) is 3.56. The molecular weight excluding hydrogens is 142 g/mol. The van der Waals surface area contributed by atoms with Crippen LogP contribution in [0, 0.1) is 0 Å². The van der Waals surface area contributed by atoms with Crippen molar-refractivity contribution in [1.82, 2.24) is 5.43 Å². The molecule has 2 amide bonds. The van der Waals surface area contributed by atoms with Crippen molar-refractivity contribution in [3.05, 3.63) is 12.2 Å². The first-order chi connectivity index (χ1) is 5.27. The summed E-state index contributed by atoms with van der Waals surface area (Å²) >= 11 is 0. The lowest BCUT2D eigenvalue weighted by Gasteiger charge is -1.89. The Morgan fingerprint density at radius 1 is 1.64 bits per heavy atom. The maximum atomic E-state index is 10.1. The Morgan fingerprint density at radius 3 is 2.91 bits per heavy atom. The second kappa shape index (κ2) is 6.80. The molecule has 0 saturated heterocycles. The fourth-order valence-electron chi connectivity index (χ4n) is 0.511. The molecule has 0 aliphatic heterocycles. The van der Waals surface area contributed by atoms with Crippen molar-refractivity contribution in [2.75, 3.05) is 0 Å². The lowest BCUT2D eigenvalue weighted by molar-refractivity contribution is 0.249. The van der Waals surface area contributed by atoms with Crippen LogP contribution in [-0.2, 0) is 0 Å². The second-order valence-electron chi connectivity index (χ2n) is 1.93. The number of hydrogen-bond acceptors (Lipinski definition) is 2. The van der Waals surface area contributed by atoms with E-state index in [1.54, 1.807) is 6.21 Å². The molecule has 0 aliphatic rings. The summed E-state index contributed by atoms with van der Waals surface area (Å²) in [5.74, 6) is 0. The van der Waals surface area contributed by atoms with E-state index in [-0.39, 0.29) is 0 Å². The van der Waals surface area contributed by atoms with Gasteiger partial charge in [0, 0.05) is 6.21 Å². The number of nitrogens with one attached hydrogen (secondary N) is 1. The predicted octanol–water partition coefficient (Wildman–Crippen LogP) is 0.997. The smallest absolute Gasteiger partial charge is 0.332 e. The summed E-state index contributed by atoms with van der Waals surface area (Å²) in [5.41, 5.74) is 6.86. The Balaban J connectivity index is 3.23. The van der Waals surface area contributed by atoms with Crippen molar-refractivity contribution in [2.45, 2.75) is 19.8 Å². The van der Waals surface area contributed by atoms with Gasteiger partial charge in [0.05, 0.1) is 0 Å². The van der Waals surface area contributed by atoms with Gasteiger partial charge in [-0.15, -0.1) is 0 Å². The molecule has 4 nitrogen and oxygen atoms in total. The number of nitrogens with two attached hydrogens (primary N) is 1. The molecule has 0 fully saturated rings. The van der Waals surface area contributed by atoms with Gasteiger partial charge < -0.3 is 5.73 Å². The summed E-state index contributed by atoms with van der Waals surface area (Å²) < 4.78 is 0. The van der Waals surface area contributed by atoms with E-state index in [1.165, 1.54) is 0 Å². The molecule has 62 valence electrons. The van der Waals surface area contributed by atoms with Gasteiger partial charge in [0.25, 0.3) is 0 Å².